The molecule has 0 saturated carbocycles. The Morgan fingerprint density at radius 2 is 1.87 bits per heavy atom. The smallest absolute Gasteiger partial charge is 0.408 e. The van der Waals surface area contributed by atoms with Crippen LogP contribution in [0.1, 0.15) is 37.7 Å². The third-order valence-corrected chi connectivity index (χ3v) is 4.79. The van der Waals surface area contributed by atoms with Gasteiger partial charge >= 0.3 is 6.09 Å². The third kappa shape index (κ3) is 3.64. The Hall–Kier alpha value is -2.08. The molecule has 6 heteroatoms. The van der Waals surface area contributed by atoms with Gasteiger partial charge in [-0.1, -0.05) is 36.8 Å². The van der Waals surface area contributed by atoms with Gasteiger partial charge < -0.3 is 21.1 Å². The highest BCUT2D eigenvalue weighted by molar-refractivity contribution is 5.89. The fourth-order valence-corrected chi connectivity index (χ4v) is 3.68. The van der Waals surface area contributed by atoms with E-state index in [1.165, 1.54) is 0 Å². The molecule has 2 fully saturated rings. The largest absolute Gasteiger partial charge is 0.445 e. The molecule has 2 amide bonds. The number of fused-ring (bicyclic) bond motifs is 2. The van der Waals surface area contributed by atoms with Gasteiger partial charge in [0.25, 0.3) is 0 Å². The second-order valence-corrected chi connectivity index (χ2v) is 6.53. The predicted octanol–water partition coefficient (Wildman–Crippen LogP) is 1.44. The normalized spacial score (nSPS) is 29.6. The van der Waals surface area contributed by atoms with Crippen LogP contribution in [0, 0.1) is 0 Å². The maximum Gasteiger partial charge on any atom is 0.408 e. The van der Waals surface area contributed by atoms with Crippen LogP contribution in [-0.4, -0.2) is 29.6 Å². The SMILES string of the molecule is NC(=O)C1(NC(=O)OCc2ccccc2)CC2CCCC(C1)N2. The fraction of sp³-hybridized carbons (Fsp3) is 0.529. The zero-order valence-electron chi connectivity index (χ0n) is 13.1. The molecule has 0 aliphatic carbocycles. The number of amides is 2. The van der Waals surface area contributed by atoms with Crippen molar-refractivity contribution in [2.75, 3.05) is 0 Å². The first-order valence-corrected chi connectivity index (χ1v) is 8.12. The van der Waals surface area contributed by atoms with E-state index in [9.17, 15) is 9.59 Å². The van der Waals surface area contributed by atoms with Gasteiger partial charge in [-0.3, -0.25) is 4.79 Å². The molecule has 2 unspecified atom stereocenters. The first kappa shape index (κ1) is 15.8. The molecule has 6 nitrogen and oxygen atoms in total. The van der Waals surface area contributed by atoms with E-state index < -0.39 is 17.5 Å². The number of hydrogen-bond donors (Lipinski definition) is 3. The molecular weight excluding hydrogens is 294 g/mol. The summed E-state index contributed by atoms with van der Waals surface area (Å²) in [4.78, 5) is 24.2. The Kier molecular flexibility index (Phi) is 4.52. The first-order chi connectivity index (χ1) is 11.1. The number of nitrogens with one attached hydrogen (secondary N) is 2. The van der Waals surface area contributed by atoms with Crippen molar-refractivity contribution in [3.63, 3.8) is 0 Å². The lowest BCUT2D eigenvalue weighted by atomic mass is 9.74. The lowest BCUT2D eigenvalue weighted by molar-refractivity contribution is -0.126. The predicted molar refractivity (Wildman–Crippen MR) is 85.5 cm³/mol. The minimum Gasteiger partial charge on any atom is -0.445 e. The number of carbonyl (C=O) groups excluding carboxylic acids is 2. The van der Waals surface area contributed by atoms with Crippen LogP contribution < -0.4 is 16.4 Å². The van der Waals surface area contributed by atoms with Crippen LogP contribution in [-0.2, 0) is 16.1 Å². The van der Waals surface area contributed by atoms with Crippen molar-refractivity contribution in [2.45, 2.75) is 56.3 Å². The van der Waals surface area contributed by atoms with Gasteiger partial charge in [0.1, 0.15) is 12.1 Å². The molecule has 0 radical (unpaired) electrons. The number of nitrogens with two attached hydrogens (primary N) is 1. The van der Waals surface area contributed by atoms with E-state index in [1.807, 2.05) is 30.3 Å². The third-order valence-electron chi connectivity index (χ3n) is 4.79. The van der Waals surface area contributed by atoms with Gasteiger partial charge in [0.2, 0.25) is 5.91 Å². The van der Waals surface area contributed by atoms with Crippen molar-refractivity contribution < 1.29 is 14.3 Å². The molecule has 0 aromatic heterocycles. The Bertz CT molecular complexity index is 564. The van der Waals surface area contributed by atoms with E-state index in [0.717, 1.165) is 24.8 Å². The molecule has 0 spiro atoms. The van der Waals surface area contributed by atoms with E-state index >= 15 is 0 Å². The van der Waals surface area contributed by atoms with Crippen LogP contribution >= 0.6 is 0 Å². The Morgan fingerprint density at radius 3 is 2.48 bits per heavy atom. The molecule has 3 rings (SSSR count). The number of piperidine rings is 2. The van der Waals surface area contributed by atoms with Crippen LogP contribution in [0.4, 0.5) is 4.79 Å². The van der Waals surface area contributed by atoms with Crippen molar-refractivity contribution in [1.82, 2.24) is 10.6 Å². The lowest BCUT2D eigenvalue weighted by Gasteiger charge is -2.46. The van der Waals surface area contributed by atoms with Gasteiger partial charge in [0.15, 0.2) is 0 Å². The lowest BCUT2D eigenvalue weighted by Crippen LogP contribution is -2.67. The molecule has 23 heavy (non-hydrogen) atoms. The first-order valence-electron chi connectivity index (χ1n) is 8.12. The maximum absolute atomic E-state index is 12.2. The molecule has 2 heterocycles. The van der Waals surface area contributed by atoms with E-state index in [1.54, 1.807) is 0 Å². The number of benzene rings is 1. The Morgan fingerprint density at radius 1 is 1.22 bits per heavy atom. The number of primary amides is 1. The molecule has 1 aromatic rings. The molecule has 4 N–H and O–H groups in total. The van der Waals surface area contributed by atoms with Crippen molar-refractivity contribution in [1.29, 1.82) is 0 Å². The van der Waals surface area contributed by atoms with E-state index in [4.69, 9.17) is 10.5 Å². The van der Waals surface area contributed by atoms with Crippen LogP contribution in [0.3, 0.4) is 0 Å². The fourth-order valence-electron chi connectivity index (χ4n) is 3.68. The maximum atomic E-state index is 12.2. The summed E-state index contributed by atoms with van der Waals surface area (Å²) in [5.74, 6) is -0.479. The second-order valence-electron chi connectivity index (χ2n) is 6.53. The molecule has 2 bridgehead atoms. The van der Waals surface area contributed by atoms with E-state index in [2.05, 4.69) is 10.6 Å². The summed E-state index contributed by atoms with van der Waals surface area (Å²) in [6, 6.07) is 9.89. The van der Waals surface area contributed by atoms with Gasteiger partial charge in [-0.2, -0.15) is 0 Å². The summed E-state index contributed by atoms with van der Waals surface area (Å²) in [7, 11) is 0. The Labute approximate surface area is 135 Å². The van der Waals surface area contributed by atoms with Crippen LogP contribution in [0.2, 0.25) is 0 Å². The summed E-state index contributed by atoms with van der Waals surface area (Å²) in [5, 5.41) is 6.25. The number of ether oxygens (including phenoxy) is 1. The quantitative estimate of drug-likeness (QED) is 0.783. The Balaban J connectivity index is 1.63. The molecule has 1 aromatic carbocycles. The van der Waals surface area contributed by atoms with E-state index in [-0.39, 0.29) is 18.7 Å². The van der Waals surface area contributed by atoms with Crippen molar-refractivity contribution in [3.05, 3.63) is 35.9 Å². The summed E-state index contributed by atoms with van der Waals surface area (Å²) >= 11 is 0. The monoisotopic (exact) mass is 317 g/mol. The van der Waals surface area contributed by atoms with Gasteiger partial charge in [-0.25, -0.2) is 4.79 Å². The zero-order chi connectivity index (χ0) is 16.3. The minimum absolute atomic E-state index is 0.173. The summed E-state index contributed by atoms with van der Waals surface area (Å²) < 4.78 is 5.25. The number of rotatable bonds is 4. The highest BCUT2D eigenvalue weighted by Gasteiger charge is 2.47. The highest BCUT2D eigenvalue weighted by Crippen LogP contribution is 2.32. The van der Waals surface area contributed by atoms with Crippen molar-refractivity contribution in [3.8, 4) is 0 Å². The van der Waals surface area contributed by atoms with Gasteiger partial charge in [-0.15, -0.1) is 0 Å². The number of hydrogen-bond acceptors (Lipinski definition) is 4. The molecular formula is C17H23N3O3. The number of carbonyl (C=O) groups is 2. The van der Waals surface area contributed by atoms with Crippen LogP contribution in [0.15, 0.2) is 30.3 Å². The second kappa shape index (κ2) is 6.58. The zero-order valence-corrected chi connectivity index (χ0v) is 13.1. The summed E-state index contributed by atoms with van der Waals surface area (Å²) in [5.41, 5.74) is 5.52. The van der Waals surface area contributed by atoms with E-state index in [0.29, 0.717) is 12.8 Å². The number of alkyl carbamates (subject to hydrolysis) is 1. The minimum atomic E-state index is -1.01. The molecule has 124 valence electrons. The van der Waals surface area contributed by atoms with Gasteiger partial charge in [0, 0.05) is 12.1 Å². The van der Waals surface area contributed by atoms with Crippen LogP contribution in [0.5, 0.6) is 0 Å². The molecule has 2 aliphatic heterocycles. The van der Waals surface area contributed by atoms with Crippen molar-refractivity contribution in [2.24, 2.45) is 5.73 Å². The summed E-state index contributed by atoms with van der Waals surface area (Å²) in [6.07, 6.45) is 3.62. The molecule has 2 saturated heterocycles. The highest BCUT2D eigenvalue weighted by atomic mass is 16.5. The topological polar surface area (TPSA) is 93.5 Å². The summed E-state index contributed by atoms with van der Waals surface area (Å²) in [6.45, 7) is 0.173. The molecule has 2 atom stereocenters. The van der Waals surface area contributed by atoms with Gasteiger partial charge in [-0.05, 0) is 31.2 Å². The van der Waals surface area contributed by atoms with Crippen LogP contribution in [0.25, 0.3) is 0 Å². The standard InChI is InChI=1S/C17H23N3O3/c18-15(21)17(9-13-7-4-8-14(10-17)19-13)20-16(22)23-11-12-5-2-1-3-6-12/h1-3,5-6,13-14,19H,4,7-11H2,(H2,18,21)(H,20,22). The average Bonchev–Trinajstić information content (AvgIpc) is 2.53. The average molecular weight is 317 g/mol. The van der Waals surface area contributed by atoms with Gasteiger partial charge in [0.05, 0.1) is 0 Å². The molecule has 2 aliphatic rings. The van der Waals surface area contributed by atoms with Crippen molar-refractivity contribution >= 4 is 12.0 Å².